The van der Waals surface area contributed by atoms with Crippen LogP contribution in [0, 0.1) is 0 Å². The molecule has 0 aliphatic carbocycles. The third-order valence-corrected chi connectivity index (χ3v) is 2.20. The van der Waals surface area contributed by atoms with Gasteiger partial charge in [0.25, 0.3) is 0 Å². The van der Waals surface area contributed by atoms with Crippen molar-refractivity contribution < 1.29 is 27.5 Å². The second-order valence-corrected chi connectivity index (χ2v) is 3.69. The van der Waals surface area contributed by atoms with E-state index in [1.54, 1.807) is 0 Å². The molecule has 3 nitrogen and oxygen atoms in total. The van der Waals surface area contributed by atoms with Crippen molar-refractivity contribution in [3.05, 3.63) is 35.4 Å². The summed E-state index contributed by atoms with van der Waals surface area (Å²) in [7, 11) is 0. The predicted octanol–water partition coefficient (Wildman–Crippen LogP) is 2.90. The highest BCUT2D eigenvalue weighted by molar-refractivity contribution is 5.84. The molecule has 0 aliphatic heterocycles. The van der Waals surface area contributed by atoms with Gasteiger partial charge in [-0.3, -0.25) is 9.59 Å². The number of benzene rings is 1. The molecule has 0 aliphatic rings. The number of rotatable bonds is 3. The van der Waals surface area contributed by atoms with Gasteiger partial charge in [-0.05, 0) is 13.0 Å². The van der Waals surface area contributed by atoms with Crippen LogP contribution in [0.25, 0.3) is 0 Å². The Hall–Kier alpha value is -1.85. The van der Waals surface area contributed by atoms with Gasteiger partial charge in [0, 0.05) is 12.5 Å². The van der Waals surface area contributed by atoms with E-state index < -0.39 is 29.6 Å². The summed E-state index contributed by atoms with van der Waals surface area (Å²) in [5.41, 5.74) is -1.33. The Morgan fingerprint density at radius 3 is 2.17 bits per heavy atom. The van der Waals surface area contributed by atoms with Gasteiger partial charge >= 0.3 is 12.1 Å². The van der Waals surface area contributed by atoms with Crippen LogP contribution in [0.5, 0.6) is 0 Å². The first kappa shape index (κ1) is 14.2. The molecular weight excluding hydrogens is 249 g/mol. The molecule has 1 aromatic rings. The number of ketones is 1. The number of hydrogen-bond acceptors (Lipinski definition) is 3. The maximum absolute atomic E-state index is 12.8. The van der Waals surface area contributed by atoms with E-state index in [4.69, 9.17) is 0 Å². The fourth-order valence-corrected chi connectivity index (χ4v) is 1.52. The Bertz CT molecular complexity index is 466. The lowest BCUT2D eigenvalue weighted by Crippen LogP contribution is -2.20. The summed E-state index contributed by atoms with van der Waals surface area (Å²) in [6.07, 6.45) is -6.13. The number of alkyl halides is 3. The number of carbonyl (C=O) groups is 2. The summed E-state index contributed by atoms with van der Waals surface area (Å²) in [5, 5.41) is 0. The molecule has 6 heteroatoms. The maximum Gasteiger partial charge on any atom is 0.416 e. The topological polar surface area (TPSA) is 43.4 Å². The molecule has 18 heavy (non-hydrogen) atoms. The zero-order chi connectivity index (χ0) is 13.9. The van der Waals surface area contributed by atoms with Crippen molar-refractivity contribution >= 4 is 11.8 Å². The minimum Gasteiger partial charge on any atom is -0.450 e. The van der Waals surface area contributed by atoms with Gasteiger partial charge in [0.15, 0.2) is 11.9 Å². The fourth-order valence-electron chi connectivity index (χ4n) is 1.52. The van der Waals surface area contributed by atoms with Crippen LogP contribution in [0.3, 0.4) is 0 Å². The highest BCUT2D eigenvalue weighted by Crippen LogP contribution is 2.35. The van der Waals surface area contributed by atoms with Gasteiger partial charge in [0.05, 0.1) is 5.56 Å². The average molecular weight is 260 g/mol. The molecule has 1 aromatic carbocycles. The van der Waals surface area contributed by atoms with Crippen LogP contribution in [-0.4, -0.2) is 11.8 Å². The first-order valence-electron chi connectivity index (χ1n) is 5.07. The maximum atomic E-state index is 12.8. The first-order valence-corrected chi connectivity index (χ1v) is 5.07. The number of ether oxygens (including phenoxy) is 1. The largest absolute Gasteiger partial charge is 0.450 e. The standard InChI is InChI=1S/C12H11F3O3/c1-7(16)11(18-8(2)17)9-5-3-4-6-10(9)12(13,14)15/h3-6,11H,1-2H3/t11-/m0/s1. The van der Waals surface area contributed by atoms with Crippen LogP contribution in [0.2, 0.25) is 0 Å². The molecule has 0 aromatic heterocycles. The number of halogens is 3. The molecule has 0 bridgehead atoms. The van der Waals surface area contributed by atoms with Gasteiger partial charge in [-0.2, -0.15) is 13.2 Å². The van der Waals surface area contributed by atoms with Crippen molar-refractivity contribution in [3.63, 3.8) is 0 Å². The zero-order valence-electron chi connectivity index (χ0n) is 9.75. The van der Waals surface area contributed by atoms with E-state index in [0.29, 0.717) is 0 Å². The van der Waals surface area contributed by atoms with Crippen molar-refractivity contribution in [2.75, 3.05) is 0 Å². The van der Waals surface area contributed by atoms with Gasteiger partial charge in [0.1, 0.15) is 0 Å². The Labute approximate surface area is 102 Å². The second kappa shape index (κ2) is 5.20. The van der Waals surface area contributed by atoms with Crippen LogP contribution >= 0.6 is 0 Å². The lowest BCUT2D eigenvalue weighted by Gasteiger charge is -2.19. The summed E-state index contributed by atoms with van der Waals surface area (Å²) >= 11 is 0. The molecule has 0 heterocycles. The van der Waals surface area contributed by atoms with E-state index in [9.17, 15) is 22.8 Å². The molecule has 98 valence electrons. The third kappa shape index (κ3) is 3.32. The van der Waals surface area contributed by atoms with Crippen molar-refractivity contribution in [2.45, 2.75) is 26.1 Å². The summed E-state index contributed by atoms with van der Waals surface area (Å²) < 4.78 is 42.9. The molecule has 0 N–H and O–H groups in total. The van der Waals surface area contributed by atoms with E-state index >= 15 is 0 Å². The van der Waals surface area contributed by atoms with Crippen LogP contribution in [0.4, 0.5) is 13.2 Å². The first-order chi connectivity index (χ1) is 8.23. The Morgan fingerprint density at radius 2 is 1.72 bits per heavy atom. The molecular formula is C12H11F3O3. The average Bonchev–Trinajstić information content (AvgIpc) is 2.24. The second-order valence-electron chi connectivity index (χ2n) is 3.69. The normalized spacial score (nSPS) is 12.9. The van der Waals surface area contributed by atoms with Crippen molar-refractivity contribution in [3.8, 4) is 0 Å². The molecule has 1 rings (SSSR count). The van der Waals surface area contributed by atoms with Crippen molar-refractivity contribution in [2.24, 2.45) is 0 Å². The SMILES string of the molecule is CC(=O)O[C@@H](C(C)=O)c1ccccc1C(F)(F)F. The molecule has 0 radical (unpaired) electrons. The lowest BCUT2D eigenvalue weighted by atomic mass is 9.99. The number of esters is 1. The van der Waals surface area contributed by atoms with Crippen LogP contribution in [-0.2, 0) is 20.5 Å². The van der Waals surface area contributed by atoms with E-state index in [1.807, 2.05) is 0 Å². The summed E-state index contributed by atoms with van der Waals surface area (Å²) in [4.78, 5) is 22.2. The summed E-state index contributed by atoms with van der Waals surface area (Å²) in [6.45, 7) is 2.10. The smallest absolute Gasteiger partial charge is 0.416 e. The van der Waals surface area contributed by atoms with E-state index in [2.05, 4.69) is 4.74 Å². The van der Waals surface area contributed by atoms with Gasteiger partial charge in [0.2, 0.25) is 0 Å². The van der Waals surface area contributed by atoms with Gasteiger partial charge in [-0.15, -0.1) is 0 Å². The van der Waals surface area contributed by atoms with Gasteiger partial charge < -0.3 is 4.74 Å². The van der Waals surface area contributed by atoms with Crippen LogP contribution in [0.1, 0.15) is 31.1 Å². The monoisotopic (exact) mass is 260 g/mol. The van der Waals surface area contributed by atoms with E-state index in [0.717, 1.165) is 26.0 Å². The third-order valence-electron chi connectivity index (χ3n) is 2.20. The highest BCUT2D eigenvalue weighted by atomic mass is 19.4. The summed E-state index contributed by atoms with van der Waals surface area (Å²) in [5.74, 6) is -1.48. The Kier molecular flexibility index (Phi) is 4.11. The van der Waals surface area contributed by atoms with Gasteiger partial charge in [-0.25, -0.2) is 0 Å². The number of Topliss-reactive ketones (excluding diaryl/α,β-unsaturated/α-hetero) is 1. The minimum absolute atomic E-state index is 0.354. The molecule has 0 saturated carbocycles. The quantitative estimate of drug-likeness (QED) is 0.785. The number of hydrogen-bond donors (Lipinski definition) is 0. The fraction of sp³-hybridized carbons (Fsp3) is 0.333. The predicted molar refractivity (Wildman–Crippen MR) is 56.6 cm³/mol. The van der Waals surface area contributed by atoms with Crippen LogP contribution < -0.4 is 0 Å². The Balaban J connectivity index is 3.28. The molecule has 0 fully saturated rings. The lowest BCUT2D eigenvalue weighted by molar-refractivity contribution is -0.155. The molecule has 0 amide bonds. The highest BCUT2D eigenvalue weighted by Gasteiger charge is 2.36. The number of carbonyl (C=O) groups excluding carboxylic acids is 2. The van der Waals surface area contributed by atoms with Crippen molar-refractivity contribution in [1.29, 1.82) is 0 Å². The molecule has 0 unspecified atom stereocenters. The zero-order valence-corrected chi connectivity index (χ0v) is 9.75. The Morgan fingerprint density at radius 1 is 1.17 bits per heavy atom. The molecule has 0 saturated heterocycles. The van der Waals surface area contributed by atoms with Crippen molar-refractivity contribution in [1.82, 2.24) is 0 Å². The van der Waals surface area contributed by atoms with Gasteiger partial charge in [-0.1, -0.05) is 18.2 Å². The van der Waals surface area contributed by atoms with E-state index in [1.165, 1.54) is 12.1 Å². The molecule has 1 atom stereocenters. The van der Waals surface area contributed by atoms with E-state index in [-0.39, 0.29) is 5.56 Å². The molecule has 0 spiro atoms. The summed E-state index contributed by atoms with van der Waals surface area (Å²) in [6, 6.07) is 4.52. The van der Waals surface area contributed by atoms with Crippen LogP contribution in [0.15, 0.2) is 24.3 Å². The minimum atomic E-state index is -4.61.